The van der Waals surface area contributed by atoms with Gasteiger partial charge >= 0.3 is 63.5 Å². The molecule has 0 aromatic carbocycles. The third-order valence-corrected chi connectivity index (χ3v) is 4.38. The van der Waals surface area contributed by atoms with E-state index < -0.39 is 68.4 Å². The van der Waals surface area contributed by atoms with E-state index in [1.54, 1.807) is 0 Å². The molecule has 0 aromatic rings. The first kappa shape index (κ1) is 27.7. The molecule has 0 saturated carbocycles. The Balaban J connectivity index is 0.00000150. The van der Waals surface area contributed by atoms with Crippen LogP contribution in [-0.2, 0) is 56.4 Å². The van der Waals surface area contributed by atoms with Crippen molar-refractivity contribution in [1.29, 1.82) is 0 Å². The predicted octanol–water partition coefficient (Wildman–Crippen LogP) is -10.4. The maximum absolute atomic E-state index is 12.4. The monoisotopic (exact) mass is 406 g/mol. The van der Waals surface area contributed by atoms with Crippen LogP contribution in [0.15, 0.2) is 0 Å². The summed E-state index contributed by atoms with van der Waals surface area (Å²) in [5.41, 5.74) is 0. The van der Waals surface area contributed by atoms with Crippen LogP contribution in [-0.4, -0.2) is 68.4 Å². The van der Waals surface area contributed by atoms with E-state index in [1.165, 1.54) is 27.3 Å². The third-order valence-electron chi connectivity index (χ3n) is 4.38. The van der Waals surface area contributed by atoms with Gasteiger partial charge in [0.2, 0.25) is 0 Å². The summed E-state index contributed by atoms with van der Waals surface area (Å²) >= 11 is 0. The topological polar surface area (TPSA) is 142 Å². The largest absolute Gasteiger partial charge is 1.00 e. The Morgan fingerprint density at radius 1 is 0.500 bits per heavy atom. The van der Waals surface area contributed by atoms with E-state index in [1.807, 2.05) is 0 Å². The predicted molar refractivity (Wildman–Crippen MR) is 84.6 cm³/mol. The molecule has 4 aliphatic heterocycles. The Hall–Kier alpha value is -0.293. The summed E-state index contributed by atoms with van der Waals surface area (Å²) < 4.78 is 41.6. The van der Waals surface area contributed by atoms with Crippen molar-refractivity contribution >= 4 is 43.9 Å². The number of hydrogen-bond donors (Lipinski definition) is 0. The van der Waals surface area contributed by atoms with E-state index >= 15 is 0 Å². The Morgan fingerprint density at radius 3 is 1.10 bits per heavy atom. The molecule has 0 aliphatic carbocycles. The van der Waals surface area contributed by atoms with Crippen LogP contribution in [0.2, 0.25) is 27.3 Å². The maximum Gasteiger partial charge on any atom is 1.00 e. The smallest absolute Gasteiger partial charge is 0.664 e. The molecule has 12 nitrogen and oxygen atoms in total. The summed E-state index contributed by atoms with van der Waals surface area (Å²) in [7, 11) is 0. The van der Waals surface area contributed by atoms with Gasteiger partial charge in [0.05, 0.1) is 0 Å². The summed E-state index contributed by atoms with van der Waals surface area (Å²) in [4.78, 5) is 49.1. The van der Waals surface area contributed by atoms with E-state index in [-0.39, 0.29) is 56.6 Å². The van der Waals surface area contributed by atoms with Gasteiger partial charge in [0, 0.05) is 0 Å². The van der Waals surface area contributed by atoms with Crippen molar-refractivity contribution in [3.8, 4) is 0 Å². The van der Waals surface area contributed by atoms with E-state index in [2.05, 4.69) is 0 Å². The van der Waals surface area contributed by atoms with Gasteiger partial charge in [-0.05, 0) is 0 Å². The molecule has 0 aromatic heterocycles. The molecule has 0 amide bonds. The molecule has 0 radical (unpaired) electrons. The quantitative estimate of drug-likeness (QED) is 0.353. The van der Waals surface area contributed by atoms with Gasteiger partial charge in [-0.2, -0.15) is 0 Å². The fourth-order valence-corrected chi connectivity index (χ4v) is 3.40. The Morgan fingerprint density at radius 2 is 0.767 bits per heavy atom. The third kappa shape index (κ3) is 4.87. The van der Waals surface area contributed by atoms with Crippen molar-refractivity contribution < 1.29 is 113 Å². The van der Waals surface area contributed by atoms with E-state index in [9.17, 15) is 19.2 Å². The molecule has 4 heterocycles. The van der Waals surface area contributed by atoms with Crippen LogP contribution in [0.3, 0.4) is 0 Å². The second-order valence-electron chi connectivity index (χ2n) is 7.78. The summed E-state index contributed by atoms with van der Waals surface area (Å²) in [5.74, 6) is -3.94. The normalized spacial score (nSPS) is 38.0. The van der Waals surface area contributed by atoms with Crippen LogP contribution in [0, 0.1) is 0 Å². The minimum atomic E-state index is -3.56. The fourth-order valence-electron chi connectivity index (χ4n) is 3.40. The van der Waals surface area contributed by atoms with Crippen LogP contribution in [0.25, 0.3) is 0 Å². The second-order valence-corrected chi connectivity index (χ2v) is 7.78. The number of rotatable bonds is 0. The van der Waals surface area contributed by atoms with Crippen LogP contribution in [0.1, 0.15) is 0 Å². The van der Waals surface area contributed by atoms with Crippen molar-refractivity contribution in [1.82, 2.24) is 0 Å². The molecule has 4 atom stereocenters. The van der Waals surface area contributed by atoms with Crippen LogP contribution >= 0.6 is 0 Å². The molecule has 4 saturated heterocycles. The molecule has 0 N–H and O–H groups in total. The Labute approximate surface area is 207 Å². The molecule has 148 valence electrons. The summed E-state index contributed by atoms with van der Waals surface area (Å²) in [6.45, 7) is -1.76. The molecule has 4 unspecified atom stereocenters. The van der Waals surface area contributed by atoms with Crippen molar-refractivity contribution in [2.45, 2.75) is 51.7 Å². The fraction of sp³-hybridized carbons (Fsp3) is 0.667. The first-order valence-corrected chi connectivity index (χ1v) is 8.59. The number of hydrogen-bond acceptors (Lipinski definition) is 12. The summed E-state index contributed by atoms with van der Waals surface area (Å²) in [6.07, 6.45) is -6.03. The first-order valence-electron chi connectivity index (χ1n) is 8.59. The van der Waals surface area contributed by atoms with Crippen LogP contribution in [0.5, 0.6) is 0 Å². The van der Waals surface area contributed by atoms with Crippen molar-refractivity contribution in [3.63, 3.8) is 0 Å². The van der Waals surface area contributed by atoms with Gasteiger partial charge in [0.25, 0.3) is 37.0 Å². The van der Waals surface area contributed by atoms with Gasteiger partial charge in [-0.15, -0.1) is 27.3 Å². The molecule has 4 fully saturated rings. The van der Waals surface area contributed by atoms with E-state index in [0.717, 1.165) is 0 Å². The molecular weight excluding hydrogens is 389 g/mol. The van der Waals surface area contributed by atoms with Crippen LogP contribution in [0.4, 0.5) is 0 Å². The van der Waals surface area contributed by atoms with Crippen molar-refractivity contribution in [2.24, 2.45) is 0 Å². The molecule has 0 bridgehead atoms. The zero-order valence-corrected chi connectivity index (χ0v) is 17.9. The standard InChI is InChI=1S/C12H16B3O12.3Li/c1-13(2)20-5-7(9(16)24-13)22-15(26-11(5)18)23-8-6(12(19)27-15)21-14(3,4)25-10(8)17;;;/h5-8H,1-4H3;;;/q-3;3*+1. The second kappa shape index (κ2) is 8.92. The van der Waals surface area contributed by atoms with Gasteiger partial charge in [-0.3, -0.25) is 19.2 Å². The first-order chi connectivity index (χ1) is 12.4. The van der Waals surface area contributed by atoms with Gasteiger partial charge in [0.1, 0.15) is 24.4 Å². The number of carbonyl (C=O) groups is 4. The zero-order chi connectivity index (χ0) is 19.8. The Bertz CT molecular complexity index is 702. The van der Waals surface area contributed by atoms with Crippen molar-refractivity contribution in [3.05, 3.63) is 0 Å². The van der Waals surface area contributed by atoms with E-state index in [0.29, 0.717) is 0 Å². The molecular formula is C12H16B3Li3O12. The summed E-state index contributed by atoms with van der Waals surface area (Å²) in [5, 5.41) is 0. The van der Waals surface area contributed by atoms with E-state index in [4.69, 9.17) is 37.2 Å². The number of fused-ring (bicyclic) bond motifs is 2. The molecule has 4 rings (SSSR count). The van der Waals surface area contributed by atoms with Gasteiger partial charge in [-0.1, -0.05) is 0 Å². The molecule has 4 aliphatic rings. The Kier molecular flexibility index (Phi) is 8.25. The molecule has 1 spiro atoms. The van der Waals surface area contributed by atoms with Gasteiger partial charge in [-0.25, -0.2) is 0 Å². The minimum absolute atomic E-state index is 0. The maximum atomic E-state index is 12.4. The van der Waals surface area contributed by atoms with Gasteiger partial charge < -0.3 is 37.2 Å². The molecule has 30 heavy (non-hydrogen) atoms. The average molecular weight is 406 g/mol. The minimum Gasteiger partial charge on any atom is -0.664 e. The SMILES string of the molecule is C[B-]1(C)OC(=O)C2O[B-]3(OC(=O)C2O1)OC(=O)C1O[B-](C)(C)OC(=O)C1O3.[Li+].[Li+].[Li+]. The molecule has 18 heteroatoms. The zero-order valence-electron chi connectivity index (χ0n) is 17.9. The number of carbonyl (C=O) groups excluding carboxylic acids is 4. The van der Waals surface area contributed by atoms with Gasteiger partial charge in [0.15, 0.2) is 0 Å². The summed E-state index contributed by atoms with van der Waals surface area (Å²) in [6, 6.07) is 0. The van der Waals surface area contributed by atoms with Crippen LogP contribution < -0.4 is 56.6 Å². The average Bonchev–Trinajstić information content (AvgIpc) is 2.49. The van der Waals surface area contributed by atoms with Crippen molar-refractivity contribution in [2.75, 3.05) is 0 Å².